The molecule has 0 radical (unpaired) electrons. The van der Waals surface area contributed by atoms with Crippen molar-refractivity contribution in [3.05, 3.63) is 28.8 Å². The van der Waals surface area contributed by atoms with Crippen molar-refractivity contribution in [1.82, 2.24) is 9.62 Å². The third kappa shape index (κ3) is 4.81. The van der Waals surface area contributed by atoms with Crippen LogP contribution in [0, 0.1) is 20.8 Å². The van der Waals surface area contributed by atoms with Gasteiger partial charge in [0.2, 0.25) is 15.9 Å². The van der Waals surface area contributed by atoms with Crippen molar-refractivity contribution in [2.24, 2.45) is 0 Å². The molecule has 0 aliphatic rings. The zero-order chi connectivity index (χ0) is 16.9. The highest BCUT2D eigenvalue weighted by Crippen LogP contribution is 2.21. The van der Waals surface area contributed by atoms with E-state index in [1.165, 1.54) is 0 Å². The molecule has 124 valence electrons. The summed E-state index contributed by atoms with van der Waals surface area (Å²) >= 11 is 0. The normalized spacial score (nSPS) is 11.5. The molecule has 0 bridgehead atoms. The van der Waals surface area contributed by atoms with Gasteiger partial charge in [-0.05, 0) is 38.3 Å². The molecule has 1 aromatic carbocycles. The maximum atomic E-state index is 12.4. The van der Waals surface area contributed by atoms with Crippen molar-refractivity contribution in [2.45, 2.75) is 45.4 Å². The number of sulfonamides is 1. The fourth-order valence-corrected chi connectivity index (χ4v) is 3.90. The van der Waals surface area contributed by atoms with E-state index < -0.39 is 10.0 Å². The summed E-state index contributed by atoms with van der Waals surface area (Å²) < 4.78 is 27.3. The van der Waals surface area contributed by atoms with E-state index in [1.807, 2.05) is 26.0 Å². The minimum Gasteiger partial charge on any atom is -0.345 e. The smallest absolute Gasteiger partial charge is 0.241 e. The molecule has 0 fully saturated rings. The predicted octanol–water partition coefficient (Wildman–Crippen LogP) is 2.15. The summed E-state index contributed by atoms with van der Waals surface area (Å²) in [4.78, 5) is 13.8. The molecule has 1 rings (SSSR count). The SMILES string of the molecule is CCCCN(C)C(=O)CNS(=O)(=O)c1c(C)cc(C)cc1C. The average Bonchev–Trinajstić information content (AvgIpc) is 2.40. The largest absolute Gasteiger partial charge is 0.345 e. The summed E-state index contributed by atoms with van der Waals surface area (Å²) in [6.07, 6.45) is 1.90. The van der Waals surface area contributed by atoms with Gasteiger partial charge in [0.25, 0.3) is 0 Å². The first kappa shape index (κ1) is 18.6. The van der Waals surface area contributed by atoms with Gasteiger partial charge in [-0.2, -0.15) is 0 Å². The van der Waals surface area contributed by atoms with Gasteiger partial charge < -0.3 is 4.90 Å². The van der Waals surface area contributed by atoms with E-state index in [0.717, 1.165) is 18.4 Å². The lowest BCUT2D eigenvalue weighted by molar-refractivity contribution is -0.128. The second-order valence-electron chi connectivity index (χ2n) is 5.72. The highest BCUT2D eigenvalue weighted by Gasteiger charge is 2.21. The number of nitrogens with one attached hydrogen (secondary N) is 1. The highest BCUT2D eigenvalue weighted by atomic mass is 32.2. The molecule has 0 unspecified atom stereocenters. The molecule has 6 heteroatoms. The van der Waals surface area contributed by atoms with Gasteiger partial charge in [0.1, 0.15) is 0 Å². The van der Waals surface area contributed by atoms with Crippen molar-refractivity contribution >= 4 is 15.9 Å². The van der Waals surface area contributed by atoms with Crippen LogP contribution in [0.1, 0.15) is 36.5 Å². The number of unbranched alkanes of at least 4 members (excludes halogenated alkanes) is 1. The molecule has 22 heavy (non-hydrogen) atoms. The van der Waals surface area contributed by atoms with Gasteiger partial charge in [-0.1, -0.05) is 31.0 Å². The number of carbonyl (C=O) groups is 1. The van der Waals surface area contributed by atoms with Crippen molar-refractivity contribution in [1.29, 1.82) is 0 Å². The average molecular weight is 326 g/mol. The van der Waals surface area contributed by atoms with E-state index in [4.69, 9.17) is 0 Å². The molecule has 1 N–H and O–H groups in total. The Bertz CT molecular complexity index is 616. The van der Waals surface area contributed by atoms with Crippen LogP contribution in [0.2, 0.25) is 0 Å². The van der Waals surface area contributed by atoms with Crippen LogP contribution in [0.3, 0.4) is 0 Å². The Hall–Kier alpha value is -1.40. The Morgan fingerprint density at radius 2 is 1.73 bits per heavy atom. The van der Waals surface area contributed by atoms with E-state index in [2.05, 4.69) is 4.72 Å². The van der Waals surface area contributed by atoms with Gasteiger partial charge in [0.05, 0.1) is 11.4 Å². The van der Waals surface area contributed by atoms with Gasteiger partial charge in [-0.15, -0.1) is 0 Å². The maximum Gasteiger partial charge on any atom is 0.241 e. The molecular formula is C16H26N2O3S. The first-order valence-electron chi connectivity index (χ1n) is 7.50. The van der Waals surface area contributed by atoms with Gasteiger partial charge in [-0.3, -0.25) is 4.79 Å². The lowest BCUT2D eigenvalue weighted by Gasteiger charge is -2.18. The van der Waals surface area contributed by atoms with Crippen molar-refractivity contribution in [2.75, 3.05) is 20.1 Å². The van der Waals surface area contributed by atoms with Crippen LogP contribution < -0.4 is 4.72 Å². The second kappa shape index (κ2) is 7.74. The van der Waals surface area contributed by atoms with Crippen molar-refractivity contribution in [3.63, 3.8) is 0 Å². The number of benzene rings is 1. The van der Waals surface area contributed by atoms with Gasteiger partial charge in [0, 0.05) is 13.6 Å². The summed E-state index contributed by atoms with van der Waals surface area (Å²) in [6.45, 7) is 7.93. The first-order chi connectivity index (χ1) is 10.2. The van der Waals surface area contributed by atoms with Gasteiger partial charge >= 0.3 is 0 Å². The Kier molecular flexibility index (Phi) is 6.56. The molecule has 0 heterocycles. The summed E-state index contributed by atoms with van der Waals surface area (Å²) in [6, 6.07) is 3.66. The quantitative estimate of drug-likeness (QED) is 0.835. The molecule has 1 amide bonds. The summed E-state index contributed by atoms with van der Waals surface area (Å²) in [5, 5.41) is 0. The lowest BCUT2D eigenvalue weighted by atomic mass is 10.1. The molecule has 5 nitrogen and oxygen atoms in total. The molecule has 0 aromatic heterocycles. The molecule has 0 aliphatic heterocycles. The number of nitrogens with zero attached hydrogens (tertiary/aromatic N) is 1. The molecule has 0 saturated heterocycles. The monoisotopic (exact) mass is 326 g/mol. The minimum atomic E-state index is -3.68. The molecule has 0 atom stereocenters. The number of aryl methyl sites for hydroxylation is 3. The van der Waals surface area contributed by atoms with Crippen LogP contribution in [0.15, 0.2) is 17.0 Å². The number of hydrogen-bond acceptors (Lipinski definition) is 3. The topological polar surface area (TPSA) is 66.5 Å². The van der Waals surface area contributed by atoms with Crippen LogP contribution in [0.5, 0.6) is 0 Å². The Balaban J connectivity index is 2.83. The Morgan fingerprint density at radius 3 is 2.23 bits per heavy atom. The zero-order valence-corrected chi connectivity index (χ0v) is 14.9. The van der Waals surface area contributed by atoms with Gasteiger partial charge in [-0.25, -0.2) is 13.1 Å². The van der Waals surface area contributed by atoms with E-state index in [9.17, 15) is 13.2 Å². The first-order valence-corrected chi connectivity index (χ1v) is 8.98. The number of likely N-dealkylation sites (N-methyl/N-ethyl adjacent to an activating group) is 1. The zero-order valence-electron chi connectivity index (χ0n) is 14.1. The van der Waals surface area contributed by atoms with E-state index in [1.54, 1.807) is 25.8 Å². The van der Waals surface area contributed by atoms with Crippen LogP contribution in [-0.2, 0) is 14.8 Å². The maximum absolute atomic E-state index is 12.4. The standard InChI is InChI=1S/C16H26N2O3S/c1-6-7-8-18(5)15(19)11-17-22(20,21)16-13(3)9-12(2)10-14(16)4/h9-10,17H,6-8,11H2,1-5H3. The summed E-state index contributed by atoms with van der Waals surface area (Å²) in [7, 11) is -2.00. The van der Waals surface area contributed by atoms with Crippen molar-refractivity contribution < 1.29 is 13.2 Å². The molecule has 0 spiro atoms. The fraction of sp³-hybridized carbons (Fsp3) is 0.562. The van der Waals surface area contributed by atoms with Crippen LogP contribution >= 0.6 is 0 Å². The Morgan fingerprint density at radius 1 is 1.18 bits per heavy atom. The lowest BCUT2D eigenvalue weighted by Crippen LogP contribution is -2.38. The van der Waals surface area contributed by atoms with Gasteiger partial charge in [0.15, 0.2) is 0 Å². The van der Waals surface area contributed by atoms with Crippen LogP contribution in [0.4, 0.5) is 0 Å². The third-order valence-corrected chi connectivity index (χ3v) is 5.27. The minimum absolute atomic E-state index is 0.213. The predicted molar refractivity (Wildman–Crippen MR) is 88.4 cm³/mol. The number of rotatable bonds is 7. The number of carbonyl (C=O) groups excluding carboxylic acids is 1. The third-order valence-electron chi connectivity index (χ3n) is 3.56. The Labute approximate surface area is 133 Å². The molecule has 0 saturated carbocycles. The van der Waals surface area contributed by atoms with E-state index >= 15 is 0 Å². The van der Waals surface area contributed by atoms with E-state index in [-0.39, 0.29) is 17.3 Å². The molecular weight excluding hydrogens is 300 g/mol. The number of hydrogen-bond donors (Lipinski definition) is 1. The fourth-order valence-electron chi connectivity index (χ4n) is 2.47. The van der Waals surface area contributed by atoms with Crippen molar-refractivity contribution in [3.8, 4) is 0 Å². The van der Waals surface area contributed by atoms with Crippen LogP contribution in [-0.4, -0.2) is 39.4 Å². The molecule has 0 aliphatic carbocycles. The highest BCUT2D eigenvalue weighted by molar-refractivity contribution is 7.89. The van der Waals surface area contributed by atoms with E-state index in [0.29, 0.717) is 17.7 Å². The molecule has 1 aromatic rings. The van der Waals surface area contributed by atoms with Crippen LogP contribution in [0.25, 0.3) is 0 Å². The summed E-state index contributed by atoms with van der Waals surface area (Å²) in [5.74, 6) is -0.223. The number of amides is 1. The second-order valence-corrected chi connectivity index (χ2v) is 7.43. The summed E-state index contributed by atoms with van der Waals surface area (Å²) in [5.41, 5.74) is 2.40.